The van der Waals surface area contributed by atoms with Crippen molar-refractivity contribution < 1.29 is 4.74 Å². The second-order valence-electron chi connectivity index (χ2n) is 6.20. The van der Waals surface area contributed by atoms with Gasteiger partial charge in [0.2, 0.25) is 0 Å². The molecule has 1 aromatic heterocycles. The minimum atomic E-state index is -0.0183. The molecule has 0 spiro atoms. The third-order valence-electron chi connectivity index (χ3n) is 4.96. The van der Waals surface area contributed by atoms with E-state index in [2.05, 4.69) is 30.5 Å². The van der Waals surface area contributed by atoms with Gasteiger partial charge in [-0.15, -0.1) is 0 Å². The highest BCUT2D eigenvalue weighted by atomic mass is 16.5. The van der Waals surface area contributed by atoms with Crippen molar-refractivity contribution in [3.8, 4) is 0 Å². The van der Waals surface area contributed by atoms with E-state index in [1.807, 2.05) is 25.0 Å². The Morgan fingerprint density at radius 2 is 2.20 bits per heavy atom. The summed E-state index contributed by atoms with van der Waals surface area (Å²) in [5, 5.41) is 7.87. The van der Waals surface area contributed by atoms with Crippen LogP contribution in [0.1, 0.15) is 45.1 Å². The van der Waals surface area contributed by atoms with Crippen LogP contribution in [-0.4, -0.2) is 35.6 Å². The summed E-state index contributed by atoms with van der Waals surface area (Å²) in [5.74, 6) is 0.832. The molecule has 1 aliphatic rings. The van der Waals surface area contributed by atoms with Crippen LogP contribution in [0.5, 0.6) is 0 Å². The van der Waals surface area contributed by atoms with E-state index in [9.17, 15) is 0 Å². The van der Waals surface area contributed by atoms with Crippen molar-refractivity contribution in [3.05, 3.63) is 18.0 Å². The first-order valence-electron chi connectivity index (χ1n) is 7.87. The predicted octanol–water partition coefficient (Wildman–Crippen LogP) is 2.63. The van der Waals surface area contributed by atoms with Crippen LogP contribution in [0.15, 0.2) is 12.4 Å². The van der Waals surface area contributed by atoms with E-state index in [1.165, 1.54) is 18.4 Å². The Hall–Kier alpha value is -0.870. The van der Waals surface area contributed by atoms with Crippen LogP contribution in [0, 0.1) is 5.92 Å². The standard InChI is InChI=1S/C16H29N3O/c1-5-19-12-14(11-18-19)10-15(17-3)16(20-4)8-6-13(2)7-9-16/h11-13,15,17H,5-10H2,1-4H3. The molecule has 4 heteroatoms. The van der Waals surface area contributed by atoms with Crippen LogP contribution >= 0.6 is 0 Å². The summed E-state index contributed by atoms with van der Waals surface area (Å²) < 4.78 is 7.99. The van der Waals surface area contributed by atoms with Gasteiger partial charge in [-0.25, -0.2) is 0 Å². The van der Waals surface area contributed by atoms with Crippen molar-refractivity contribution in [2.75, 3.05) is 14.2 Å². The van der Waals surface area contributed by atoms with E-state index in [4.69, 9.17) is 4.74 Å². The zero-order chi connectivity index (χ0) is 14.6. The molecular formula is C16H29N3O. The minimum Gasteiger partial charge on any atom is -0.377 e. The van der Waals surface area contributed by atoms with Crippen LogP contribution in [0.25, 0.3) is 0 Å². The maximum Gasteiger partial charge on any atom is 0.0834 e. The first kappa shape index (κ1) is 15.5. The minimum absolute atomic E-state index is 0.0183. The van der Waals surface area contributed by atoms with Crippen molar-refractivity contribution in [2.45, 2.75) is 64.1 Å². The molecule has 0 aromatic carbocycles. The molecule has 0 saturated heterocycles. The first-order valence-corrected chi connectivity index (χ1v) is 7.87. The number of nitrogens with zero attached hydrogens (tertiary/aromatic N) is 2. The Labute approximate surface area is 122 Å². The maximum atomic E-state index is 6.00. The number of aryl methyl sites for hydroxylation is 1. The summed E-state index contributed by atoms with van der Waals surface area (Å²) in [6, 6.07) is 0.356. The average molecular weight is 279 g/mol. The monoisotopic (exact) mass is 279 g/mol. The molecule has 0 bridgehead atoms. The van der Waals surface area contributed by atoms with Crippen LogP contribution in [0.3, 0.4) is 0 Å². The Morgan fingerprint density at radius 3 is 2.70 bits per heavy atom. The molecule has 1 fully saturated rings. The topological polar surface area (TPSA) is 39.1 Å². The molecule has 1 saturated carbocycles. The summed E-state index contributed by atoms with van der Waals surface area (Å²) in [6.07, 6.45) is 9.96. The summed E-state index contributed by atoms with van der Waals surface area (Å²) >= 11 is 0. The quantitative estimate of drug-likeness (QED) is 0.870. The van der Waals surface area contributed by atoms with Gasteiger partial charge >= 0.3 is 0 Å². The van der Waals surface area contributed by atoms with Gasteiger partial charge in [-0.3, -0.25) is 4.68 Å². The van der Waals surface area contributed by atoms with Gasteiger partial charge in [0.05, 0.1) is 11.8 Å². The van der Waals surface area contributed by atoms with Gasteiger partial charge in [0, 0.05) is 25.9 Å². The number of rotatable bonds is 6. The van der Waals surface area contributed by atoms with Gasteiger partial charge in [0.1, 0.15) is 0 Å². The predicted molar refractivity (Wildman–Crippen MR) is 81.8 cm³/mol. The Balaban J connectivity index is 2.09. The summed E-state index contributed by atoms with van der Waals surface area (Å²) in [5.41, 5.74) is 1.27. The third-order valence-corrected chi connectivity index (χ3v) is 4.96. The average Bonchev–Trinajstić information content (AvgIpc) is 2.94. The molecule has 1 aromatic rings. The summed E-state index contributed by atoms with van der Waals surface area (Å²) in [4.78, 5) is 0. The van der Waals surface area contributed by atoms with E-state index in [0.29, 0.717) is 6.04 Å². The van der Waals surface area contributed by atoms with Gasteiger partial charge in [-0.2, -0.15) is 5.10 Å². The zero-order valence-electron chi connectivity index (χ0n) is 13.4. The molecule has 114 valence electrons. The van der Waals surface area contributed by atoms with E-state index < -0.39 is 0 Å². The van der Waals surface area contributed by atoms with Crippen molar-refractivity contribution in [2.24, 2.45) is 5.92 Å². The Kier molecular flexibility index (Phi) is 5.22. The molecule has 1 unspecified atom stereocenters. The number of nitrogens with one attached hydrogen (secondary N) is 1. The molecule has 2 rings (SSSR count). The normalized spacial score (nSPS) is 28.5. The second-order valence-corrected chi connectivity index (χ2v) is 6.20. The van der Waals surface area contributed by atoms with Crippen LogP contribution in [0.4, 0.5) is 0 Å². The lowest BCUT2D eigenvalue weighted by atomic mass is 9.74. The zero-order valence-corrected chi connectivity index (χ0v) is 13.4. The largest absolute Gasteiger partial charge is 0.377 e. The lowest BCUT2D eigenvalue weighted by Gasteiger charge is -2.44. The van der Waals surface area contributed by atoms with E-state index in [1.54, 1.807) is 0 Å². The van der Waals surface area contributed by atoms with Crippen molar-refractivity contribution >= 4 is 0 Å². The number of methoxy groups -OCH3 is 1. The molecule has 1 N–H and O–H groups in total. The third kappa shape index (κ3) is 3.23. The van der Waals surface area contributed by atoms with Gasteiger partial charge in [-0.05, 0) is 57.6 Å². The smallest absolute Gasteiger partial charge is 0.0834 e. The highest BCUT2D eigenvalue weighted by molar-refractivity contribution is 5.10. The highest BCUT2D eigenvalue weighted by Crippen LogP contribution is 2.37. The molecule has 4 nitrogen and oxygen atoms in total. The van der Waals surface area contributed by atoms with Crippen LogP contribution in [-0.2, 0) is 17.7 Å². The van der Waals surface area contributed by atoms with Crippen molar-refractivity contribution in [1.29, 1.82) is 0 Å². The molecule has 1 aliphatic carbocycles. The van der Waals surface area contributed by atoms with Crippen LogP contribution in [0.2, 0.25) is 0 Å². The Morgan fingerprint density at radius 1 is 1.50 bits per heavy atom. The lowest BCUT2D eigenvalue weighted by molar-refractivity contribution is -0.0730. The van der Waals surface area contributed by atoms with E-state index in [-0.39, 0.29) is 5.60 Å². The number of aromatic nitrogens is 2. The van der Waals surface area contributed by atoms with E-state index in [0.717, 1.165) is 31.7 Å². The lowest BCUT2D eigenvalue weighted by Crippen LogP contribution is -2.53. The summed E-state index contributed by atoms with van der Waals surface area (Å²) in [6.45, 7) is 5.39. The number of hydrogen-bond acceptors (Lipinski definition) is 3. The van der Waals surface area contributed by atoms with Gasteiger partial charge in [0.15, 0.2) is 0 Å². The maximum absolute atomic E-state index is 6.00. The van der Waals surface area contributed by atoms with Crippen molar-refractivity contribution in [3.63, 3.8) is 0 Å². The fourth-order valence-electron chi connectivity index (χ4n) is 3.42. The molecule has 0 aliphatic heterocycles. The fraction of sp³-hybridized carbons (Fsp3) is 0.812. The first-order chi connectivity index (χ1) is 9.63. The molecule has 1 heterocycles. The molecule has 1 atom stereocenters. The van der Waals surface area contributed by atoms with Crippen LogP contribution < -0.4 is 5.32 Å². The SMILES string of the molecule is CCn1cc(CC(NC)C2(OC)CCC(C)CC2)cn1. The Bertz CT molecular complexity index is 408. The molecule has 20 heavy (non-hydrogen) atoms. The molecular weight excluding hydrogens is 250 g/mol. The van der Waals surface area contributed by atoms with E-state index >= 15 is 0 Å². The van der Waals surface area contributed by atoms with Gasteiger partial charge in [0.25, 0.3) is 0 Å². The fourth-order valence-corrected chi connectivity index (χ4v) is 3.42. The van der Waals surface area contributed by atoms with Gasteiger partial charge < -0.3 is 10.1 Å². The van der Waals surface area contributed by atoms with Crippen molar-refractivity contribution in [1.82, 2.24) is 15.1 Å². The molecule has 0 amide bonds. The molecule has 0 radical (unpaired) electrons. The number of hydrogen-bond donors (Lipinski definition) is 1. The second kappa shape index (κ2) is 6.72. The summed E-state index contributed by atoms with van der Waals surface area (Å²) in [7, 11) is 3.92. The number of ether oxygens (including phenoxy) is 1. The van der Waals surface area contributed by atoms with Gasteiger partial charge in [-0.1, -0.05) is 6.92 Å². The number of likely N-dealkylation sites (N-methyl/N-ethyl adjacent to an activating group) is 1. The highest BCUT2D eigenvalue weighted by Gasteiger charge is 2.40.